The van der Waals surface area contributed by atoms with Crippen molar-refractivity contribution >= 4 is 11.8 Å². The molecule has 0 spiro atoms. The number of nitrogens with zero attached hydrogens (tertiary/aromatic N) is 7. The van der Waals surface area contributed by atoms with Gasteiger partial charge >= 0.3 is 0 Å². The van der Waals surface area contributed by atoms with Gasteiger partial charge in [-0.3, -0.25) is 0 Å². The maximum absolute atomic E-state index is 6.07. The van der Waals surface area contributed by atoms with E-state index in [1.807, 2.05) is 0 Å². The second-order valence-electron chi connectivity index (χ2n) is 0.623. The summed E-state index contributed by atoms with van der Waals surface area (Å²) < 4.78 is 2.69. The highest BCUT2D eigenvalue weighted by Gasteiger charge is 1.62. The first kappa shape index (κ1) is 7.69. The fourth-order valence-corrected chi connectivity index (χ4v) is 0.119. The summed E-state index contributed by atoms with van der Waals surface area (Å²) in [5.41, 5.74) is 6.07. The normalized spacial score (nSPS) is 12.1. The van der Waals surface area contributed by atoms with Gasteiger partial charge in [0.1, 0.15) is 0 Å². The molecule has 0 unspecified atom stereocenters. The van der Waals surface area contributed by atoms with Gasteiger partial charge in [0.05, 0.1) is 11.8 Å². The fraction of sp³-hybridized carbons (Fsp3) is 0. The summed E-state index contributed by atoms with van der Waals surface area (Å²) in [5, 5.41) is 16.7. The third-order valence-electron chi connectivity index (χ3n) is 0.239. The largest absolute Gasteiger partial charge is 0.183 e. The molecule has 0 aliphatic heterocycles. The van der Waals surface area contributed by atoms with Gasteiger partial charge in [0.15, 0.2) is 0 Å². The van der Waals surface area contributed by atoms with Crippen LogP contribution in [0.3, 0.4) is 0 Å². The highest BCUT2D eigenvalue weighted by atomic mass is 35.5. The fourth-order valence-electron chi connectivity index (χ4n) is 0.0888. The van der Waals surface area contributed by atoms with Crippen LogP contribution >= 0.6 is 11.8 Å². The van der Waals surface area contributed by atoms with Crippen molar-refractivity contribution in [3.63, 3.8) is 0 Å². The van der Waals surface area contributed by atoms with Crippen LogP contribution < -0.4 is 0 Å². The van der Waals surface area contributed by atoms with Crippen LogP contribution in [-0.4, -0.2) is 0 Å². The maximum atomic E-state index is 6.07. The van der Waals surface area contributed by atoms with Crippen LogP contribution in [0.2, 0.25) is 0 Å². The van der Waals surface area contributed by atoms with E-state index >= 15 is 0 Å². The van der Waals surface area contributed by atoms with Gasteiger partial charge in [-0.1, -0.05) is 4.63 Å². The van der Waals surface area contributed by atoms with Crippen molar-refractivity contribution in [3.05, 3.63) is 0 Å². The molecule has 0 aromatic heterocycles. The van der Waals surface area contributed by atoms with Crippen molar-refractivity contribution in [1.82, 2.24) is 0 Å². The molecule has 9 heteroatoms. The molecule has 1 N–H and O–H groups in total. The number of rotatable bonds is 3. The third kappa shape index (κ3) is 6.69. The summed E-state index contributed by atoms with van der Waals surface area (Å²) in [5.74, 6) is 0. The Labute approximate surface area is 54.3 Å². The standard InChI is InChI=1S/ClHN8/c1-3-5-7-9-8-6-4-2/h2H/b4-2?,5-3+,8-6+,9-7+. The molecule has 0 saturated carbocycles. The van der Waals surface area contributed by atoms with Gasteiger partial charge in [0, 0.05) is 0 Å². The van der Waals surface area contributed by atoms with E-state index < -0.39 is 0 Å². The number of hydrogen-bond donors (Lipinski definition) is 1. The molecule has 8 nitrogen and oxygen atoms in total. The average molecular weight is 149 g/mol. The minimum atomic E-state index is 2.48. The zero-order chi connectivity index (χ0) is 6.95. The Balaban J connectivity index is 3.46. The van der Waals surface area contributed by atoms with E-state index in [1.54, 1.807) is 0 Å². The predicted molar refractivity (Wildman–Crippen MR) is 25.6 cm³/mol. The molecule has 0 saturated heterocycles. The second-order valence-corrected chi connectivity index (χ2v) is 0.774. The van der Waals surface area contributed by atoms with Crippen LogP contribution in [0, 0.1) is 5.53 Å². The summed E-state index contributed by atoms with van der Waals surface area (Å²) in [6.07, 6.45) is 0. The van der Waals surface area contributed by atoms with E-state index in [0.29, 0.717) is 0 Å². The summed E-state index contributed by atoms with van der Waals surface area (Å²) in [7, 11) is 0. The van der Waals surface area contributed by atoms with Crippen molar-refractivity contribution in [2.24, 2.45) is 36.0 Å². The van der Waals surface area contributed by atoms with E-state index in [9.17, 15) is 0 Å². The lowest BCUT2D eigenvalue weighted by Gasteiger charge is -1.63. The smallest absolute Gasteiger partial charge is 0.0622 e. The highest BCUT2D eigenvalue weighted by molar-refractivity contribution is 6.13. The van der Waals surface area contributed by atoms with Crippen LogP contribution in [0.1, 0.15) is 0 Å². The van der Waals surface area contributed by atoms with Gasteiger partial charge in [-0.05, 0) is 31.3 Å². The Morgan fingerprint density at radius 1 is 0.889 bits per heavy atom. The topological polar surface area (TPSA) is 110 Å². The van der Waals surface area contributed by atoms with Crippen molar-refractivity contribution in [1.29, 1.82) is 5.53 Å². The molecule has 9 heavy (non-hydrogen) atoms. The molecule has 0 radical (unpaired) electrons. The van der Waals surface area contributed by atoms with Gasteiger partial charge in [-0.25, -0.2) is 0 Å². The van der Waals surface area contributed by atoms with Crippen molar-refractivity contribution in [2.75, 3.05) is 0 Å². The maximum Gasteiger partial charge on any atom is 0.0622 e. The third-order valence-corrected chi connectivity index (χ3v) is 0.306. The lowest BCUT2D eigenvalue weighted by atomic mass is 12.4. The first-order chi connectivity index (χ1) is 4.41. The monoisotopic (exact) mass is 148 g/mol. The molecule has 0 aromatic rings. The average Bonchev–Trinajstić information content (AvgIpc) is 1.89. The van der Waals surface area contributed by atoms with E-state index in [2.05, 4.69) is 47.7 Å². The van der Waals surface area contributed by atoms with Gasteiger partial charge in [-0.2, -0.15) is 5.53 Å². The first-order valence-electron chi connectivity index (χ1n) is 1.59. The van der Waals surface area contributed by atoms with Crippen molar-refractivity contribution < 1.29 is 0 Å². The van der Waals surface area contributed by atoms with E-state index in [-0.39, 0.29) is 0 Å². The molecule has 0 atom stereocenters. The zero-order valence-electron chi connectivity index (χ0n) is 4.01. The van der Waals surface area contributed by atoms with Gasteiger partial charge in [-0.15, -0.1) is 0 Å². The number of nitrogens with one attached hydrogen (secondary N) is 1. The summed E-state index contributed by atoms with van der Waals surface area (Å²) in [6.45, 7) is 0. The summed E-state index contributed by atoms with van der Waals surface area (Å²) >= 11 is 4.69. The Kier molecular flexibility index (Phi) is 5.72. The van der Waals surface area contributed by atoms with Crippen molar-refractivity contribution in [2.45, 2.75) is 0 Å². The SMILES string of the molecule is N=N/N=N/N=N/N=N/Cl. The molecule has 0 bridgehead atoms. The minimum absolute atomic E-state index is 2.48. The van der Waals surface area contributed by atoms with Crippen LogP contribution in [0.15, 0.2) is 36.0 Å². The van der Waals surface area contributed by atoms with Crippen LogP contribution in [0.5, 0.6) is 0 Å². The molecular weight excluding hydrogens is 148 g/mol. The van der Waals surface area contributed by atoms with Crippen LogP contribution in [-0.2, 0) is 0 Å². The van der Waals surface area contributed by atoms with Crippen molar-refractivity contribution in [3.8, 4) is 0 Å². The number of halogens is 1. The summed E-state index contributed by atoms with van der Waals surface area (Å²) in [4.78, 5) is 0. The minimum Gasteiger partial charge on any atom is -0.183 e. The van der Waals surface area contributed by atoms with Crippen LogP contribution in [0.4, 0.5) is 0 Å². The predicted octanol–water partition coefficient (Wildman–Crippen LogP) is 2.27. The lowest BCUT2D eigenvalue weighted by Crippen LogP contribution is -1.43. The molecule has 0 heterocycles. The van der Waals surface area contributed by atoms with Gasteiger partial charge in [0.25, 0.3) is 0 Å². The van der Waals surface area contributed by atoms with E-state index in [1.165, 1.54) is 0 Å². The molecule has 0 fully saturated rings. The molecule has 0 aliphatic rings. The summed E-state index contributed by atoms with van der Waals surface area (Å²) in [6, 6.07) is 0. The quantitative estimate of drug-likeness (QED) is 0.468. The molecule has 0 rings (SSSR count). The Bertz CT molecular complexity index is 141. The van der Waals surface area contributed by atoms with Gasteiger partial charge < -0.3 is 0 Å². The molecule has 0 amide bonds. The van der Waals surface area contributed by atoms with Crippen LogP contribution in [0.25, 0.3) is 0 Å². The molecular formula is HClN8. The zero-order valence-corrected chi connectivity index (χ0v) is 4.76. The van der Waals surface area contributed by atoms with Gasteiger partial charge in [0.2, 0.25) is 0 Å². The molecule has 0 aliphatic carbocycles. The Morgan fingerprint density at radius 2 is 1.44 bits per heavy atom. The molecule has 48 valence electrons. The van der Waals surface area contributed by atoms with E-state index in [4.69, 9.17) is 5.53 Å². The Hall–Kier alpha value is -1.31. The molecule has 0 aromatic carbocycles. The Morgan fingerprint density at radius 3 is 2.00 bits per heavy atom. The van der Waals surface area contributed by atoms with E-state index in [0.717, 1.165) is 0 Å². The first-order valence-corrected chi connectivity index (χ1v) is 1.93. The second kappa shape index (κ2) is 6.69. The highest BCUT2D eigenvalue weighted by Crippen LogP contribution is 1.84. The number of hydrogen-bond acceptors (Lipinski definition) is 2. The lowest BCUT2D eigenvalue weighted by molar-refractivity contribution is 0.796.